The molecule has 0 radical (unpaired) electrons. The topological polar surface area (TPSA) is 48.3 Å². The van der Waals surface area contributed by atoms with Crippen LogP contribution >= 0.6 is 0 Å². The Labute approximate surface area is 140 Å². The van der Waals surface area contributed by atoms with E-state index in [1.54, 1.807) is 19.1 Å². The van der Waals surface area contributed by atoms with Gasteiger partial charge in [0.15, 0.2) is 5.43 Å². The van der Waals surface area contributed by atoms with Crippen molar-refractivity contribution in [3.05, 3.63) is 58.3 Å². The number of pyridine rings is 1. The van der Waals surface area contributed by atoms with Gasteiger partial charge in [0, 0.05) is 17.3 Å². The van der Waals surface area contributed by atoms with Gasteiger partial charge in [0.2, 0.25) is 0 Å². The summed E-state index contributed by atoms with van der Waals surface area (Å²) in [4.78, 5) is 24.9. The van der Waals surface area contributed by atoms with Crippen molar-refractivity contribution in [2.75, 3.05) is 6.61 Å². The molecule has 0 aliphatic carbocycles. The molecular weight excluding hydrogens is 302 g/mol. The quantitative estimate of drug-likeness (QED) is 0.524. The van der Waals surface area contributed by atoms with Gasteiger partial charge in [-0.2, -0.15) is 0 Å². The lowest BCUT2D eigenvalue weighted by atomic mass is 10.1. The first-order valence-electron chi connectivity index (χ1n) is 8.39. The van der Waals surface area contributed by atoms with Gasteiger partial charge in [-0.3, -0.25) is 4.79 Å². The summed E-state index contributed by atoms with van der Waals surface area (Å²) < 4.78 is 7.22. The number of aromatic nitrogens is 1. The molecule has 2 aromatic carbocycles. The second kappa shape index (κ2) is 6.87. The van der Waals surface area contributed by atoms with E-state index in [9.17, 15) is 9.59 Å². The molecule has 0 aliphatic heterocycles. The summed E-state index contributed by atoms with van der Waals surface area (Å²) in [7, 11) is 0. The maximum atomic E-state index is 12.9. The van der Waals surface area contributed by atoms with Gasteiger partial charge in [0.05, 0.1) is 23.2 Å². The highest BCUT2D eigenvalue weighted by Crippen LogP contribution is 2.21. The average Bonchev–Trinajstić information content (AvgIpc) is 2.61. The Morgan fingerprint density at radius 1 is 1.04 bits per heavy atom. The predicted octanol–water partition coefficient (Wildman–Crippen LogP) is 4.13. The number of benzene rings is 2. The summed E-state index contributed by atoms with van der Waals surface area (Å²) in [6.07, 6.45) is 2.10. The van der Waals surface area contributed by atoms with Crippen LogP contribution < -0.4 is 5.43 Å². The van der Waals surface area contributed by atoms with Crippen LogP contribution in [0.3, 0.4) is 0 Å². The maximum Gasteiger partial charge on any atom is 0.338 e. The highest BCUT2D eigenvalue weighted by Gasteiger charge is 2.13. The van der Waals surface area contributed by atoms with Crippen LogP contribution in [0.25, 0.3) is 21.8 Å². The van der Waals surface area contributed by atoms with E-state index in [4.69, 9.17) is 4.74 Å². The van der Waals surface area contributed by atoms with Gasteiger partial charge in [0.25, 0.3) is 0 Å². The number of para-hydroxylation sites is 1. The van der Waals surface area contributed by atoms with Crippen molar-refractivity contribution >= 4 is 27.8 Å². The summed E-state index contributed by atoms with van der Waals surface area (Å²) in [6.45, 7) is 5.07. The molecule has 124 valence electrons. The molecule has 24 heavy (non-hydrogen) atoms. The van der Waals surface area contributed by atoms with E-state index in [0.717, 1.165) is 30.4 Å². The van der Waals surface area contributed by atoms with E-state index < -0.39 is 5.97 Å². The van der Waals surface area contributed by atoms with Crippen LogP contribution in [0.1, 0.15) is 37.0 Å². The number of carbonyl (C=O) groups excluding carboxylic acids is 1. The van der Waals surface area contributed by atoms with E-state index in [1.165, 1.54) is 0 Å². The number of unbranched alkanes of at least 4 members (excludes halogenated alkanes) is 1. The van der Waals surface area contributed by atoms with Crippen molar-refractivity contribution in [3.63, 3.8) is 0 Å². The van der Waals surface area contributed by atoms with Gasteiger partial charge in [-0.05, 0) is 43.7 Å². The SMILES string of the molecule is CCCCn1c2ccccc2c(=O)c2cc(C(=O)OCC)ccc21. The second-order valence-corrected chi connectivity index (χ2v) is 5.80. The number of hydrogen-bond acceptors (Lipinski definition) is 3. The van der Waals surface area contributed by atoms with Crippen molar-refractivity contribution in [2.24, 2.45) is 0 Å². The van der Waals surface area contributed by atoms with Crippen molar-refractivity contribution in [1.29, 1.82) is 0 Å². The molecule has 0 N–H and O–H groups in total. The van der Waals surface area contributed by atoms with Crippen LogP contribution in [0.4, 0.5) is 0 Å². The first kappa shape index (κ1) is 16.2. The van der Waals surface area contributed by atoms with Gasteiger partial charge in [-0.15, -0.1) is 0 Å². The van der Waals surface area contributed by atoms with Crippen LogP contribution in [0.15, 0.2) is 47.3 Å². The molecule has 0 amide bonds. The van der Waals surface area contributed by atoms with E-state index in [2.05, 4.69) is 11.5 Å². The predicted molar refractivity (Wildman–Crippen MR) is 96.6 cm³/mol. The smallest absolute Gasteiger partial charge is 0.338 e. The van der Waals surface area contributed by atoms with Crippen LogP contribution in [-0.2, 0) is 11.3 Å². The Bertz CT molecular complexity index is 956. The number of aryl methyl sites for hydroxylation is 1. The Morgan fingerprint density at radius 3 is 2.54 bits per heavy atom. The van der Waals surface area contributed by atoms with Crippen LogP contribution in [0.2, 0.25) is 0 Å². The largest absolute Gasteiger partial charge is 0.462 e. The molecule has 1 heterocycles. The Hall–Kier alpha value is -2.62. The van der Waals surface area contributed by atoms with Crippen LogP contribution in [0, 0.1) is 0 Å². The van der Waals surface area contributed by atoms with Crippen molar-refractivity contribution < 1.29 is 9.53 Å². The third kappa shape index (κ3) is 2.80. The first-order valence-corrected chi connectivity index (χ1v) is 8.39. The van der Waals surface area contributed by atoms with Gasteiger partial charge in [0.1, 0.15) is 0 Å². The molecule has 3 aromatic rings. The first-order chi connectivity index (χ1) is 11.7. The third-order valence-electron chi connectivity index (χ3n) is 4.22. The zero-order valence-corrected chi connectivity index (χ0v) is 14.0. The van der Waals surface area contributed by atoms with E-state index >= 15 is 0 Å². The summed E-state index contributed by atoms with van der Waals surface area (Å²) in [5, 5.41) is 1.25. The standard InChI is InChI=1S/C20H21NO3/c1-3-5-12-21-17-9-7-6-8-15(17)19(22)16-13-14(10-11-18(16)21)20(23)24-4-2/h6-11,13H,3-5,12H2,1-2H3. The summed E-state index contributed by atoms with van der Waals surface area (Å²) >= 11 is 0. The number of carbonyl (C=O) groups is 1. The molecule has 0 saturated carbocycles. The molecule has 0 aliphatic rings. The number of ether oxygens (including phenoxy) is 1. The Morgan fingerprint density at radius 2 is 1.79 bits per heavy atom. The molecule has 0 saturated heterocycles. The van der Waals surface area contributed by atoms with E-state index in [-0.39, 0.29) is 5.43 Å². The molecule has 0 fully saturated rings. The highest BCUT2D eigenvalue weighted by molar-refractivity contribution is 5.98. The normalized spacial score (nSPS) is 11.1. The average molecular weight is 323 g/mol. The maximum absolute atomic E-state index is 12.9. The fourth-order valence-electron chi connectivity index (χ4n) is 3.03. The van der Waals surface area contributed by atoms with Gasteiger partial charge < -0.3 is 9.30 Å². The molecule has 1 aromatic heterocycles. The zero-order chi connectivity index (χ0) is 17.1. The zero-order valence-electron chi connectivity index (χ0n) is 14.0. The second-order valence-electron chi connectivity index (χ2n) is 5.80. The van der Waals surface area contributed by atoms with Crippen molar-refractivity contribution in [3.8, 4) is 0 Å². The minimum Gasteiger partial charge on any atom is -0.462 e. The Balaban J connectivity index is 2.31. The lowest BCUT2D eigenvalue weighted by molar-refractivity contribution is 0.0526. The minimum atomic E-state index is -0.396. The molecule has 4 nitrogen and oxygen atoms in total. The molecule has 0 unspecified atom stereocenters. The number of esters is 1. The lowest BCUT2D eigenvalue weighted by Gasteiger charge is -2.15. The molecule has 0 spiro atoms. The van der Waals surface area contributed by atoms with Crippen LogP contribution in [0.5, 0.6) is 0 Å². The minimum absolute atomic E-state index is 0.0421. The van der Waals surface area contributed by atoms with E-state index in [0.29, 0.717) is 22.9 Å². The van der Waals surface area contributed by atoms with E-state index in [1.807, 2.05) is 30.3 Å². The van der Waals surface area contributed by atoms with Gasteiger partial charge in [-0.25, -0.2) is 4.79 Å². The van der Waals surface area contributed by atoms with Crippen molar-refractivity contribution in [2.45, 2.75) is 33.2 Å². The fraction of sp³-hybridized carbons (Fsp3) is 0.300. The van der Waals surface area contributed by atoms with Gasteiger partial charge >= 0.3 is 5.97 Å². The van der Waals surface area contributed by atoms with Crippen molar-refractivity contribution in [1.82, 2.24) is 4.57 Å². The Kier molecular flexibility index (Phi) is 4.65. The molecule has 4 heteroatoms. The molecular formula is C20H21NO3. The monoisotopic (exact) mass is 323 g/mol. The molecule has 3 rings (SSSR count). The molecule has 0 atom stereocenters. The number of rotatable bonds is 5. The number of nitrogens with zero attached hydrogens (tertiary/aromatic N) is 1. The summed E-state index contributed by atoms with van der Waals surface area (Å²) in [6, 6.07) is 12.9. The third-order valence-corrected chi connectivity index (χ3v) is 4.22. The number of hydrogen-bond donors (Lipinski definition) is 0. The summed E-state index contributed by atoms with van der Waals surface area (Å²) in [5.41, 5.74) is 2.17. The van der Waals surface area contributed by atoms with Crippen LogP contribution in [-0.4, -0.2) is 17.1 Å². The lowest BCUT2D eigenvalue weighted by Crippen LogP contribution is -2.13. The summed E-state index contributed by atoms with van der Waals surface area (Å²) in [5.74, 6) is -0.396. The highest BCUT2D eigenvalue weighted by atomic mass is 16.5. The number of fused-ring (bicyclic) bond motifs is 2. The fourth-order valence-corrected chi connectivity index (χ4v) is 3.03. The van der Waals surface area contributed by atoms with Gasteiger partial charge in [-0.1, -0.05) is 25.5 Å². The molecule has 0 bridgehead atoms.